The second-order valence-corrected chi connectivity index (χ2v) is 16.9. The zero-order valence-electron chi connectivity index (χ0n) is 26.1. The highest BCUT2D eigenvalue weighted by Crippen LogP contribution is 2.75. The van der Waals surface area contributed by atoms with Crippen molar-refractivity contribution in [1.29, 1.82) is 0 Å². The third-order valence-electron chi connectivity index (χ3n) is 14.4. The first-order valence-electron chi connectivity index (χ1n) is 16.3. The van der Waals surface area contributed by atoms with Crippen LogP contribution in [0.5, 0.6) is 0 Å². The highest BCUT2D eigenvalue weighted by molar-refractivity contribution is 5.33. The van der Waals surface area contributed by atoms with Gasteiger partial charge in [-0.15, -0.1) is 0 Å². The lowest BCUT2D eigenvalue weighted by atomic mass is 9.33. The van der Waals surface area contributed by atoms with Gasteiger partial charge in [0.15, 0.2) is 0 Å². The topological polar surface area (TPSA) is 29.5 Å². The van der Waals surface area contributed by atoms with Gasteiger partial charge in [-0.05, 0) is 115 Å². The number of benzene rings is 1. The molecule has 39 heavy (non-hydrogen) atoms. The molecule has 0 radical (unpaired) electrons. The van der Waals surface area contributed by atoms with Crippen LogP contribution < -0.4 is 0 Å². The Bertz CT molecular complexity index is 1110. The quantitative estimate of drug-likeness (QED) is 0.391. The fraction of sp³-hybridized carbons (Fsp3) is 0.784. The van der Waals surface area contributed by atoms with Gasteiger partial charge in [0.05, 0.1) is 19.3 Å². The van der Waals surface area contributed by atoms with Gasteiger partial charge in [-0.1, -0.05) is 90.4 Å². The summed E-state index contributed by atoms with van der Waals surface area (Å²) in [5.74, 6) is 1.94. The van der Waals surface area contributed by atoms with Crippen molar-refractivity contribution in [2.75, 3.05) is 6.61 Å². The van der Waals surface area contributed by atoms with Crippen LogP contribution in [-0.4, -0.2) is 17.8 Å². The summed E-state index contributed by atoms with van der Waals surface area (Å²) < 4.78 is 6.65. The number of fused-ring (bicyclic) bond motifs is 7. The van der Waals surface area contributed by atoms with E-state index in [4.69, 9.17) is 4.74 Å². The van der Waals surface area contributed by atoms with E-state index in [0.29, 0.717) is 40.1 Å². The van der Waals surface area contributed by atoms with Crippen molar-refractivity contribution in [1.82, 2.24) is 0 Å². The molecule has 0 spiro atoms. The van der Waals surface area contributed by atoms with Crippen LogP contribution in [0.1, 0.15) is 118 Å². The van der Waals surface area contributed by atoms with Crippen LogP contribution in [-0.2, 0) is 11.3 Å². The summed E-state index contributed by atoms with van der Waals surface area (Å²) in [7, 11) is 0. The van der Waals surface area contributed by atoms with Crippen LogP contribution >= 0.6 is 0 Å². The number of hydrogen-bond donors (Lipinski definition) is 1. The summed E-state index contributed by atoms with van der Waals surface area (Å²) in [5, 5.41) is 11.0. The van der Waals surface area contributed by atoms with Crippen molar-refractivity contribution < 1.29 is 9.84 Å². The van der Waals surface area contributed by atoms with E-state index >= 15 is 0 Å². The fourth-order valence-corrected chi connectivity index (χ4v) is 11.6. The fourth-order valence-electron chi connectivity index (χ4n) is 11.6. The molecule has 1 aromatic rings. The highest BCUT2D eigenvalue weighted by atomic mass is 16.5. The average Bonchev–Trinajstić information content (AvgIpc) is 2.90. The Morgan fingerprint density at radius 2 is 1.54 bits per heavy atom. The minimum Gasteiger partial charge on any atom is -0.396 e. The van der Waals surface area contributed by atoms with Crippen LogP contribution in [0.15, 0.2) is 42.0 Å². The molecular formula is C37H56O2. The molecule has 0 heterocycles. The van der Waals surface area contributed by atoms with Crippen molar-refractivity contribution in [3.8, 4) is 0 Å². The highest BCUT2D eigenvalue weighted by Gasteiger charge is 2.68. The van der Waals surface area contributed by atoms with E-state index in [9.17, 15) is 5.11 Å². The van der Waals surface area contributed by atoms with Crippen LogP contribution in [0, 0.1) is 50.2 Å². The largest absolute Gasteiger partial charge is 0.396 e. The van der Waals surface area contributed by atoms with Crippen LogP contribution in [0.2, 0.25) is 0 Å². The van der Waals surface area contributed by atoms with E-state index in [1.165, 1.54) is 63.4 Å². The molecule has 4 fully saturated rings. The number of hydrogen-bond acceptors (Lipinski definition) is 2. The van der Waals surface area contributed by atoms with Crippen LogP contribution in [0.4, 0.5) is 0 Å². The van der Waals surface area contributed by atoms with Crippen molar-refractivity contribution in [2.24, 2.45) is 50.2 Å². The lowest BCUT2D eigenvalue weighted by molar-refractivity contribution is -0.225. The van der Waals surface area contributed by atoms with Gasteiger partial charge in [0.25, 0.3) is 0 Å². The van der Waals surface area contributed by atoms with Gasteiger partial charge in [0.1, 0.15) is 0 Å². The van der Waals surface area contributed by atoms with Gasteiger partial charge in [0, 0.05) is 5.41 Å². The molecule has 6 rings (SSSR count). The Hall–Kier alpha value is -1.12. The maximum Gasteiger partial charge on any atom is 0.0720 e. The Labute approximate surface area is 239 Å². The summed E-state index contributed by atoms with van der Waals surface area (Å²) >= 11 is 0. The number of rotatable bonds is 4. The van der Waals surface area contributed by atoms with Gasteiger partial charge in [-0.25, -0.2) is 0 Å². The van der Waals surface area contributed by atoms with E-state index in [1.54, 1.807) is 0 Å². The second-order valence-electron chi connectivity index (χ2n) is 16.9. The van der Waals surface area contributed by atoms with E-state index in [-0.39, 0.29) is 23.5 Å². The minimum absolute atomic E-state index is 0.121. The summed E-state index contributed by atoms with van der Waals surface area (Å²) in [6.07, 6.45) is 15.9. The lowest BCUT2D eigenvalue weighted by Crippen LogP contribution is -2.65. The standard InChI is InChI=1S/C37H56O2/c1-32(2)19-20-33(3)21-22-36(6)27(28(33)23-32)13-14-30-34(4)17-16-31(39-24-26-11-9-8-10-12-26)35(5,25-38)29(34)15-18-37(30,36)7/h8-13,28-31,38H,14-25H2,1-7H3/t28-,29?,30-,31+,33-,34+,35+,36-,37-/m1/s1. The Kier molecular flexibility index (Phi) is 6.60. The number of aliphatic hydroxyl groups is 1. The van der Waals surface area contributed by atoms with Crippen molar-refractivity contribution in [3.63, 3.8) is 0 Å². The maximum absolute atomic E-state index is 11.0. The molecule has 0 bridgehead atoms. The maximum atomic E-state index is 11.0. The van der Waals surface area contributed by atoms with Gasteiger partial charge in [-0.2, -0.15) is 0 Å². The molecule has 5 aliphatic carbocycles. The molecule has 0 aromatic heterocycles. The first-order valence-corrected chi connectivity index (χ1v) is 16.3. The molecule has 0 amide bonds. The number of aliphatic hydroxyl groups excluding tert-OH is 1. The Morgan fingerprint density at radius 3 is 2.26 bits per heavy atom. The van der Waals surface area contributed by atoms with E-state index in [0.717, 1.165) is 12.3 Å². The van der Waals surface area contributed by atoms with E-state index in [1.807, 2.05) is 5.57 Å². The van der Waals surface area contributed by atoms with Gasteiger partial charge in [-0.3, -0.25) is 0 Å². The summed E-state index contributed by atoms with van der Waals surface area (Å²) in [5.41, 5.74) is 4.74. The Balaban J connectivity index is 1.31. The second kappa shape index (κ2) is 9.19. The smallest absolute Gasteiger partial charge is 0.0720 e. The monoisotopic (exact) mass is 532 g/mol. The third-order valence-corrected chi connectivity index (χ3v) is 14.4. The summed E-state index contributed by atoms with van der Waals surface area (Å²) in [6, 6.07) is 10.6. The molecule has 2 nitrogen and oxygen atoms in total. The number of ether oxygens (including phenoxy) is 1. The summed E-state index contributed by atoms with van der Waals surface area (Å²) in [4.78, 5) is 0. The average molecular weight is 533 g/mol. The molecule has 5 aliphatic rings. The van der Waals surface area contributed by atoms with Crippen LogP contribution in [0.25, 0.3) is 0 Å². The van der Waals surface area contributed by atoms with Crippen molar-refractivity contribution in [3.05, 3.63) is 47.5 Å². The molecule has 0 saturated heterocycles. The predicted octanol–water partition coefficient (Wildman–Crippen LogP) is 9.37. The molecule has 1 aromatic carbocycles. The lowest BCUT2D eigenvalue weighted by Gasteiger charge is -2.71. The van der Waals surface area contributed by atoms with Gasteiger partial charge < -0.3 is 9.84 Å². The molecule has 216 valence electrons. The van der Waals surface area contributed by atoms with E-state index < -0.39 is 0 Å². The minimum atomic E-state index is -0.188. The third kappa shape index (κ3) is 4.00. The molecule has 0 aliphatic heterocycles. The SMILES string of the molecule is CC1(C)CC[C@]2(C)CC[C@]3(C)C(=CC[C@@H]4[C@@]5(C)CC[C@H](OCc6ccccc6)[C@@](C)(CO)C5CC[C@]43C)[C@H]2C1. The predicted molar refractivity (Wildman–Crippen MR) is 161 cm³/mol. The zero-order valence-corrected chi connectivity index (χ0v) is 26.1. The zero-order chi connectivity index (χ0) is 27.9. The molecule has 1 N–H and O–H groups in total. The molecular weight excluding hydrogens is 476 g/mol. The summed E-state index contributed by atoms with van der Waals surface area (Å²) in [6.45, 7) is 18.9. The first kappa shape index (κ1) is 28.0. The molecule has 2 heteroatoms. The van der Waals surface area contributed by atoms with Crippen molar-refractivity contribution in [2.45, 2.75) is 125 Å². The number of allylic oxidation sites excluding steroid dienone is 2. The molecule has 9 atom stereocenters. The van der Waals surface area contributed by atoms with Gasteiger partial charge >= 0.3 is 0 Å². The molecule has 1 unspecified atom stereocenters. The molecule has 4 saturated carbocycles. The van der Waals surface area contributed by atoms with Crippen LogP contribution in [0.3, 0.4) is 0 Å². The normalized spacial score (nSPS) is 48.7. The Morgan fingerprint density at radius 1 is 0.821 bits per heavy atom. The first-order chi connectivity index (χ1) is 18.3. The van der Waals surface area contributed by atoms with Crippen molar-refractivity contribution >= 4 is 0 Å². The van der Waals surface area contributed by atoms with E-state index in [2.05, 4.69) is 84.9 Å². The van der Waals surface area contributed by atoms with Gasteiger partial charge in [0.2, 0.25) is 0 Å².